The van der Waals surface area contributed by atoms with Gasteiger partial charge in [0.15, 0.2) is 5.78 Å². The van der Waals surface area contributed by atoms with Crippen molar-refractivity contribution < 1.29 is 24.2 Å². The predicted molar refractivity (Wildman–Crippen MR) is 162 cm³/mol. The highest BCUT2D eigenvalue weighted by molar-refractivity contribution is 7.19. The third kappa shape index (κ3) is 5.91. The molecule has 1 aliphatic carbocycles. The number of fused-ring (bicyclic) bond motifs is 1. The normalized spacial score (nSPS) is 20.0. The summed E-state index contributed by atoms with van der Waals surface area (Å²) in [5.74, 6) is 0.206. The number of likely N-dealkylation sites (tertiary alicyclic amines) is 1. The Labute approximate surface area is 249 Å². The molecule has 42 heavy (non-hydrogen) atoms. The zero-order chi connectivity index (χ0) is 29.4. The molecule has 220 valence electrons. The number of hydrogen-bond acceptors (Lipinski definition) is 7. The molecule has 1 aromatic carbocycles. The van der Waals surface area contributed by atoms with Gasteiger partial charge in [-0.2, -0.15) is 0 Å². The Morgan fingerprint density at radius 1 is 1.12 bits per heavy atom. The number of carboxylic acid groups (broad SMARTS) is 1. The van der Waals surface area contributed by atoms with E-state index in [9.17, 15) is 14.4 Å². The molecular formula is C32H36N4O5S. The Hall–Kier alpha value is -3.76. The summed E-state index contributed by atoms with van der Waals surface area (Å²) in [5, 5.41) is 12.6. The number of benzene rings is 1. The number of thiophene rings is 1. The lowest BCUT2D eigenvalue weighted by molar-refractivity contribution is -0.129. The van der Waals surface area contributed by atoms with Crippen molar-refractivity contribution in [2.75, 3.05) is 44.3 Å². The molecule has 0 saturated carbocycles. The predicted octanol–water partition coefficient (Wildman–Crippen LogP) is 4.88. The molecular weight excluding hydrogens is 552 g/mol. The van der Waals surface area contributed by atoms with E-state index < -0.39 is 6.09 Å². The minimum atomic E-state index is -1.06. The number of anilines is 1. The number of carbonyl (C=O) groups excluding carboxylic acids is 2. The fourth-order valence-corrected chi connectivity index (χ4v) is 7.67. The molecule has 0 radical (unpaired) electrons. The second kappa shape index (κ2) is 11.5. The molecule has 3 aromatic rings. The van der Waals surface area contributed by atoms with E-state index in [0.29, 0.717) is 39.1 Å². The average molecular weight is 589 g/mol. The Morgan fingerprint density at radius 2 is 1.93 bits per heavy atom. The van der Waals surface area contributed by atoms with Crippen molar-refractivity contribution in [3.63, 3.8) is 0 Å². The van der Waals surface area contributed by atoms with Crippen molar-refractivity contribution in [2.45, 2.75) is 45.6 Å². The van der Waals surface area contributed by atoms with E-state index in [4.69, 9.17) is 14.8 Å². The van der Waals surface area contributed by atoms with Gasteiger partial charge >= 0.3 is 6.09 Å². The molecule has 6 rings (SSSR count). The standard InChI is InChI=1S/C32H36N4O5S/c1-32(2)17-24-28(30(35-10-12-41-13-11-35)42-29(24)26(37)18-32)22-6-8-33-25(16-22)21-5-3-4-20(14-21)15-27(38)36-9-7-23(19-36)34-31(39)40/h3-6,8,14,16,23,34H,7,9-13,15,17-19H2,1-2H3,(H,39,40)/t23-/m0/s1. The number of pyridine rings is 1. The van der Waals surface area contributed by atoms with E-state index >= 15 is 0 Å². The first kappa shape index (κ1) is 28.4. The van der Waals surface area contributed by atoms with E-state index in [1.807, 2.05) is 36.5 Å². The van der Waals surface area contributed by atoms with Gasteiger partial charge in [0, 0.05) is 49.9 Å². The molecule has 2 aromatic heterocycles. The largest absolute Gasteiger partial charge is 0.465 e. The first-order chi connectivity index (χ1) is 20.2. The highest BCUT2D eigenvalue weighted by Gasteiger charge is 2.37. The zero-order valence-electron chi connectivity index (χ0n) is 24.0. The Kier molecular flexibility index (Phi) is 7.76. The van der Waals surface area contributed by atoms with Gasteiger partial charge in [0.1, 0.15) is 0 Å². The topological polar surface area (TPSA) is 112 Å². The fraction of sp³-hybridized carbons (Fsp3) is 0.438. The molecule has 2 aliphatic heterocycles. The average Bonchev–Trinajstić information content (AvgIpc) is 3.58. The van der Waals surface area contributed by atoms with Crippen molar-refractivity contribution in [1.29, 1.82) is 0 Å². The van der Waals surface area contributed by atoms with E-state index in [-0.39, 0.29) is 29.6 Å². The number of nitrogens with zero attached hydrogens (tertiary/aromatic N) is 3. The Balaban J connectivity index is 1.29. The summed E-state index contributed by atoms with van der Waals surface area (Å²) in [7, 11) is 0. The van der Waals surface area contributed by atoms with Crippen molar-refractivity contribution in [3.05, 3.63) is 58.6 Å². The molecule has 9 nitrogen and oxygen atoms in total. The molecule has 2 fully saturated rings. The summed E-state index contributed by atoms with van der Waals surface area (Å²) >= 11 is 1.62. The summed E-state index contributed by atoms with van der Waals surface area (Å²) in [5.41, 5.74) is 5.82. The third-order valence-electron chi connectivity index (χ3n) is 8.33. The van der Waals surface area contributed by atoms with Crippen molar-refractivity contribution in [3.8, 4) is 22.4 Å². The first-order valence-corrected chi connectivity index (χ1v) is 15.3. The van der Waals surface area contributed by atoms with Crippen LogP contribution >= 0.6 is 11.3 Å². The van der Waals surface area contributed by atoms with Crippen LogP contribution in [-0.2, 0) is 22.4 Å². The van der Waals surface area contributed by atoms with Crippen LogP contribution in [0.15, 0.2) is 42.6 Å². The van der Waals surface area contributed by atoms with Crippen LogP contribution < -0.4 is 10.2 Å². The summed E-state index contributed by atoms with van der Waals surface area (Å²) in [6.07, 6.45) is 3.03. The molecule has 4 heterocycles. The highest BCUT2D eigenvalue weighted by Crippen LogP contribution is 2.49. The lowest BCUT2D eigenvalue weighted by Crippen LogP contribution is -2.38. The van der Waals surface area contributed by atoms with Gasteiger partial charge < -0.3 is 25.0 Å². The number of morpholine rings is 1. The molecule has 3 aliphatic rings. The SMILES string of the molecule is CC1(C)CC(=O)c2sc(N3CCOCC3)c(-c3ccnc(-c4cccc(CC(=O)N5CC[C@H](NC(=O)O)C5)c4)c3)c2C1. The van der Waals surface area contributed by atoms with Crippen LogP contribution in [-0.4, -0.2) is 78.2 Å². The number of aromatic nitrogens is 1. The van der Waals surface area contributed by atoms with Crippen LogP contribution in [0.25, 0.3) is 22.4 Å². The van der Waals surface area contributed by atoms with Crippen LogP contribution in [0.4, 0.5) is 9.80 Å². The quantitative estimate of drug-likeness (QED) is 0.422. The molecule has 2 N–H and O–H groups in total. The number of rotatable bonds is 6. The highest BCUT2D eigenvalue weighted by atomic mass is 32.1. The number of ketones is 1. The van der Waals surface area contributed by atoms with E-state index in [0.717, 1.165) is 62.9 Å². The molecule has 0 spiro atoms. The fourth-order valence-electron chi connectivity index (χ4n) is 6.34. The van der Waals surface area contributed by atoms with Gasteiger partial charge in [-0.25, -0.2) is 4.79 Å². The third-order valence-corrected chi connectivity index (χ3v) is 9.66. The first-order valence-electron chi connectivity index (χ1n) is 14.5. The maximum absolute atomic E-state index is 13.2. The zero-order valence-corrected chi connectivity index (χ0v) is 24.8. The lowest BCUT2D eigenvalue weighted by Gasteiger charge is -2.30. The monoisotopic (exact) mass is 588 g/mol. The van der Waals surface area contributed by atoms with Gasteiger partial charge in [0.2, 0.25) is 5.91 Å². The Bertz CT molecular complexity index is 1530. The molecule has 10 heteroatoms. The number of ether oxygens (including phenoxy) is 1. The maximum atomic E-state index is 13.2. The van der Waals surface area contributed by atoms with Crippen molar-refractivity contribution in [2.24, 2.45) is 5.41 Å². The van der Waals surface area contributed by atoms with E-state index in [1.54, 1.807) is 16.2 Å². The van der Waals surface area contributed by atoms with Crippen LogP contribution in [0.1, 0.15) is 47.5 Å². The molecule has 2 amide bonds. The maximum Gasteiger partial charge on any atom is 0.404 e. The van der Waals surface area contributed by atoms with Gasteiger partial charge in [-0.15, -0.1) is 11.3 Å². The van der Waals surface area contributed by atoms with Crippen molar-refractivity contribution >= 4 is 34.1 Å². The van der Waals surface area contributed by atoms with Crippen LogP contribution in [0.3, 0.4) is 0 Å². The molecule has 2 saturated heterocycles. The molecule has 0 bridgehead atoms. The van der Waals surface area contributed by atoms with Gasteiger partial charge in [0.25, 0.3) is 0 Å². The van der Waals surface area contributed by atoms with Gasteiger partial charge in [0.05, 0.1) is 41.2 Å². The number of carbonyl (C=O) groups is 3. The van der Waals surface area contributed by atoms with Crippen LogP contribution in [0.5, 0.6) is 0 Å². The second-order valence-corrected chi connectivity index (χ2v) is 13.2. The van der Waals surface area contributed by atoms with Gasteiger partial charge in [-0.05, 0) is 53.1 Å². The van der Waals surface area contributed by atoms with Gasteiger partial charge in [-0.1, -0.05) is 32.0 Å². The summed E-state index contributed by atoms with van der Waals surface area (Å²) in [6, 6.07) is 11.8. The number of amides is 2. The number of hydrogen-bond donors (Lipinski definition) is 2. The van der Waals surface area contributed by atoms with E-state index in [1.165, 1.54) is 0 Å². The minimum absolute atomic E-state index is 0.0177. The number of Topliss-reactive ketones (excluding diaryl/α,β-unsaturated/α-hetero) is 1. The smallest absolute Gasteiger partial charge is 0.404 e. The summed E-state index contributed by atoms with van der Waals surface area (Å²) in [6.45, 7) is 8.20. The van der Waals surface area contributed by atoms with Crippen molar-refractivity contribution in [1.82, 2.24) is 15.2 Å². The molecule has 0 unspecified atom stereocenters. The van der Waals surface area contributed by atoms with Crippen LogP contribution in [0, 0.1) is 5.41 Å². The molecule has 1 atom stereocenters. The second-order valence-electron chi connectivity index (χ2n) is 12.2. The number of nitrogens with one attached hydrogen (secondary N) is 1. The Morgan fingerprint density at radius 3 is 2.71 bits per heavy atom. The summed E-state index contributed by atoms with van der Waals surface area (Å²) < 4.78 is 5.62. The van der Waals surface area contributed by atoms with Crippen LogP contribution in [0.2, 0.25) is 0 Å². The summed E-state index contributed by atoms with van der Waals surface area (Å²) in [4.78, 5) is 46.9. The van der Waals surface area contributed by atoms with Gasteiger partial charge in [-0.3, -0.25) is 14.6 Å². The minimum Gasteiger partial charge on any atom is -0.465 e. The van der Waals surface area contributed by atoms with E-state index in [2.05, 4.69) is 30.1 Å². The lowest BCUT2D eigenvalue weighted by atomic mass is 9.75.